The lowest BCUT2D eigenvalue weighted by atomic mass is 9.83. The molecule has 3 heterocycles. The van der Waals surface area contributed by atoms with Crippen LogP contribution in [0.15, 0.2) is 66.9 Å². The summed E-state index contributed by atoms with van der Waals surface area (Å²) in [5.74, 6) is 0.115. The average molecular weight is 852 g/mol. The van der Waals surface area contributed by atoms with Gasteiger partial charge in [0.1, 0.15) is 11.6 Å². The highest BCUT2D eigenvalue weighted by atomic mass is 16.5. The number of imidazole rings is 1. The zero-order chi connectivity index (χ0) is 44.7. The van der Waals surface area contributed by atoms with E-state index in [1.165, 1.54) is 0 Å². The molecular formula is C51H73N5O6. The summed E-state index contributed by atoms with van der Waals surface area (Å²) in [5.41, 5.74) is 3.06. The number of nitrogens with zero attached hydrogens (tertiary/aromatic N) is 4. The van der Waals surface area contributed by atoms with E-state index in [2.05, 4.69) is 42.9 Å². The summed E-state index contributed by atoms with van der Waals surface area (Å²) in [4.78, 5) is 71.4. The normalized spacial score (nSPS) is 23.5. The van der Waals surface area contributed by atoms with Crippen molar-refractivity contribution in [3.63, 3.8) is 0 Å². The molecule has 3 aliphatic rings. The highest BCUT2D eigenvalue weighted by Gasteiger charge is 2.48. The molecule has 2 bridgehead atoms. The number of amides is 2. The van der Waals surface area contributed by atoms with Gasteiger partial charge in [-0.2, -0.15) is 0 Å². The number of fused-ring (bicyclic) bond motifs is 2. The Balaban J connectivity index is 1.14. The van der Waals surface area contributed by atoms with Gasteiger partial charge in [-0.3, -0.25) is 24.1 Å². The number of likely N-dealkylation sites (N-methyl/N-ethyl adjacent to an activating group) is 2. The molecule has 0 radical (unpaired) electrons. The number of piperidine rings is 1. The number of ether oxygens (including phenoxy) is 2. The smallest absolute Gasteiger partial charge is 0.226 e. The molecule has 6 rings (SSSR count). The number of methoxy groups -OCH3 is 2. The van der Waals surface area contributed by atoms with Gasteiger partial charge < -0.3 is 24.3 Å². The summed E-state index contributed by atoms with van der Waals surface area (Å²) in [5, 5.41) is 0. The molecule has 2 aliphatic heterocycles. The molecule has 11 heteroatoms. The minimum absolute atomic E-state index is 0.0292. The molecule has 338 valence electrons. The Bertz CT molecular complexity index is 1930. The van der Waals surface area contributed by atoms with E-state index in [4.69, 9.17) is 14.5 Å². The van der Waals surface area contributed by atoms with E-state index >= 15 is 0 Å². The fourth-order valence-corrected chi connectivity index (χ4v) is 11.1. The van der Waals surface area contributed by atoms with Crippen LogP contribution in [0.2, 0.25) is 0 Å². The topological polar surface area (TPSA) is 125 Å². The van der Waals surface area contributed by atoms with Crippen LogP contribution < -0.4 is 0 Å². The predicted molar refractivity (Wildman–Crippen MR) is 243 cm³/mol. The first-order chi connectivity index (χ1) is 29.8. The molecular weight excluding hydrogens is 779 g/mol. The molecule has 1 saturated carbocycles. The van der Waals surface area contributed by atoms with E-state index < -0.39 is 24.0 Å². The minimum Gasteiger partial charge on any atom is -0.379 e. The van der Waals surface area contributed by atoms with Crippen LogP contribution in [-0.2, 0) is 35.1 Å². The molecule has 11 nitrogen and oxygen atoms in total. The van der Waals surface area contributed by atoms with Crippen LogP contribution in [0.1, 0.15) is 110 Å². The largest absolute Gasteiger partial charge is 0.379 e. The first-order valence-electron chi connectivity index (χ1n) is 23.3. The highest BCUT2D eigenvalue weighted by Crippen LogP contribution is 2.43. The van der Waals surface area contributed by atoms with Gasteiger partial charge in [-0.25, -0.2) is 4.98 Å². The Morgan fingerprint density at radius 2 is 1.60 bits per heavy atom. The number of Topliss-reactive ketones (excluding diaryl/α,β-unsaturated/α-hetero) is 2. The lowest BCUT2D eigenvalue weighted by Gasteiger charge is -2.41. The number of carbonyl (C=O) groups is 4. The number of ketones is 2. The van der Waals surface area contributed by atoms with Crippen molar-refractivity contribution < 1.29 is 28.7 Å². The number of hydrogen-bond acceptors (Lipinski definition) is 8. The monoisotopic (exact) mass is 852 g/mol. The summed E-state index contributed by atoms with van der Waals surface area (Å²) in [7, 11) is 7.14. The van der Waals surface area contributed by atoms with E-state index in [9.17, 15) is 19.2 Å². The van der Waals surface area contributed by atoms with E-state index in [1.807, 2.05) is 87.4 Å². The predicted octanol–water partition coefficient (Wildman–Crippen LogP) is 8.00. The zero-order valence-corrected chi connectivity index (χ0v) is 38.8. The maximum atomic E-state index is 14.5. The number of nitrogens with one attached hydrogen (secondary N) is 1. The van der Waals surface area contributed by atoms with E-state index in [-0.39, 0.29) is 78.5 Å². The fraction of sp³-hybridized carbons (Fsp3) is 0.627. The molecule has 3 fully saturated rings. The number of H-pyrrole nitrogens is 1. The number of aromatic amines is 1. The van der Waals surface area contributed by atoms with Crippen LogP contribution in [0.3, 0.4) is 0 Å². The maximum Gasteiger partial charge on any atom is 0.226 e. The number of rotatable bonds is 22. The number of carbonyl (C=O) groups excluding carboxylic acids is 4. The van der Waals surface area contributed by atoms with Crippen LogP contribution in [0.4, 0.5) is 0 Å². The van der Waals surface area contributed by atoms with E-state index in [0.29, 0.717) is 24.9 Å². The van der Waals surface area contributed by atoms with Crippen LogP contribution in [-0.4, -0.2) is 119 Å². The standard InChI is InChI=1S/C51H73N5O6/c1-10-33(4)47(55(7)51(60)40(32(2)3)29-44(58)48-37-23-24-39(27-37)54(48)6)45(61-8)30-46(59)56-25-17-22-42(56)49(62-9)34(5)43(57)28-38(26-35-18-13-11-14-19-35)50-52-31-41(53-50)36-20-15-12-16-21-36/h11-16,18-21,31-34,37-40,42,45,47-49H,10,17,22-30H2,1-9H3,(H,52,53)/t33-,34-,37-,38+,39+,40-,42-,45+,47-,48-,49+/m0/s1. The van der Waals surface area contributed by atoms with Crippen molar-refractivity contribution in [3.05, 3.63) is 78.2 Å². The fourth-order valence-electron chi connectivity index (χ4n) is 11.1. The molecule has 1 aliphatic carbocycles. The third-order valence-corrected chi connectivity index (χ3v) is 15.0. The van der Waals surface area contributed by atoms with Crippen LogP contribution in [0.5, 0.6) is 0 Å². The van der Waals surface area contributed by atoms with Crippen molar-refractivity contribution in [1.82, 2.24) is 24.7 Å². The first-order valence-corrected chi connectivity index (χ1v) is 23.3. The Kier molecular flexibility index (Phi) is 16.4. The molecule has 2 amide bonds. The zero-order valence-electron chi connectivity index (χ0n) is 38.8. The first kappa shape index (κ1) is 47.3. The van der Waals surface area contributed by atoms with Crippen molar-refractivity contribution in [2.24, 2.45) is 29.6 Å². The Labute approximate surface area is 370 Å². The van der Waals surface area contributed by atoms with Gasteiger partial charge in [-0.1, -0.05) is 102 Å². The maximum absolute atomic E-state index is 14.5. The van der Waals surface area contributed by atoms with Crippen molar-refractivity contribution in [1.29, 1.82) is 0 Å². The molecule has 62 heavy (non-hydrogen) atoms. The molecule has 0 spiro atoms. The third-order valence-electron chi connectivity index (χ3n) is 15.0. The third kappa shape index (κ3) is 10.6. The second-order valence-corrected chi connectivity index (χ2v) is 19.1. The van der Waals surface area contributed by atoms with Gasteiger partial charge >= 0.3 is 0 Å². The van der Waals surface area contributed by atoms with Crippen LogP contribution in [0, 0.1) is 29.6 Å². The number of benzene rings is 2. The molecule has 0 unspecified atom stereocenters. The lowest BCUT2D eigenvalue weighted by molar-refractivity contribution is -0.149. The van der Waals surface area contributed by atoms with Gasteiger partial charge in [0.05, 0.1) is 48.6 Å². The summed E-state index contributed by atoms with van der Waals surface area (Å²) >= 11 is 0. The Hall–Kier alpha value is -4.19. The van der Waals surface area contributed by atoms with E-state index in [1.54, 1.807) is 19.1 Å². The molecule has 2 saturated heterocycles. The van der Waals surface area contributed by atoms with Crippen molar-refractivity contribution >= 4 is 23.4 Å². The Morgan fingerprint density at radius 1 is 0.903 bits per heavy atom. The number of aromatic nitrogens is 2. The average Bonchev–Trinajstić information content (AvgIpc) is 4.12. The second-order valence-electron chi connectivity index (χ2n) is 19.1. The van der Waals surface area contributed by atoms with Gasteiger partial charge in [-0.15, -0.1) is 0 Å². The lowest BCUT2D eigenvalue weighted by Crippen LogP contribution is -2.54. The van der Waals surface area contributed by atoms with Crippen molar-refractivity contribution in [2.75, 3.05) is 34.9 Å². The number of likely N-dealkylation sites (tertiary alicyclic amines) is 2. The van der Waals surface area contributed by atoms with Crippen molar-refractivity contribution in [3.8, 4) is 11.3 Å². The van der Waals surface area contributed by atoms with Crippen LogP contribution >= 0.6 is 0 Å². The van der Waals surface area contributed by atoms with E-state index in [0.717, 1.165) is 61.2 Å². The Morgan fingerprint density at radius 3 is 2.21 bits per heavy atom. The quantitative estimate of drug-likeness (QED) is 0.108. The van der Waals surface area contributed by atoms with Crippen LogP contribution in [0.25, 0.3) is 11.3 Å². The summed E-state index contributed by atoms with van der Waals surface area (Å²) in [6, 6.07) is 19.9. The molecule has 1 aromatic heterocycles. The second kappa shape index (κ2) is 21.5. The molecule has 2 aromatic carbocycles. The van der Waals surface area contributed by atoms with Crippen molar-refractivity contribution in [2.45, 2.75) is 141 Å². The van der Waals surface area contributed by atoms with Gasteiger partial charge in [0, 0.05) is 64.4 Å². The molecule has 11 atom stereocenters. The summed E-state index contributed by atoms with van der Waals surface area (Å²) in [6.45, 7) is 10.7. The SMILES string of the molecule is CC[C@H](C)[C@@H]([C@@H](CC(=O)N1CCC[C@H]1[C@H](OC)[C@@H](C)C(=O)C[C@@H](Cc1ccccc1)c1ncc(-c2ccccc2)[nH]1)OC)N(C)C(=O)[C@@H](CC(=O)[C@@H]1[C@H]2CC[C@H](C2)N1C)C(C)C. The summed E-state index contributed by atoms with van der Waals surface area (Å²) < 4.78 is 12.3. The summed E-state index contributed by atoms with van der Waals surface area (Å²) in [6.07, 6.45) is 7.59. The van der Waals surface area contributed by atoms with Gasteiger partial charge in [0.15, 0.2) is 5.78 Å². The molecule has 1 N–H and O–H groups in total. The number of hydrogen-bond donors (Lipinski definition) is 1. The van der Waals surface area contributed by atoms with Gasteiger partial charge in [0.25, 0.3) is 0 Å². The van der Waals surface area contributed by atoms with Gasteiger partial charge in [0.2, 0.25) is 11.8 Å². The minimum atomic E-state index is -0.569. The van der Waals surface area contributed by atoms with Gasteiger partial charge in [-0.05, 0) is 74.5 Å². The highest BCUT2D eigenvalue weighted by molar-refractivity contribution is 5.90. The molecule has 3 aromatic rings.